The van der Waals surface area contributed by atoms with Gasteiger partial charge in [-0.25, -0.2) is 0 Å². The molecule has 0 aliphatic heterocycles. The summed E-state index contributed by atoms with van der Waals surface area (Å²) in [5.74, 6) is 0.817. The molecule has 6 heteroatoms. The Labute approximate surface area is 196 Å². The summed E-state index contributed by atoms with van der Waals surface area (Å²) in [6.07, 6.45) is 2.33. The molecule has 0 spiro atoms. The molecule has 174 valence electrons. The van der Waals surface area contributed by atoms with Gasteiger partial charge in [-0.2, -0.15) is 8.42 Å². The maximum atomic E-state index is 12.5. The van der Waals surface area contributed by atoms with Crippen LogP contribution in [0.3, 0.4) is 0 Å². The summed E-state index contributed by atoms with van der Waals surface area (Å²) >= 11 is 0. The summed E-state index contributed by atoms with van der Waals surface area (Å²) < 4.78 is 36.4. The van der Waals surface area contributed by atoms with E-state index in [0.717, 1.165) is 41.7 Å². The number of fused-ring (bicyclic) bond motifs is 1. The van der Waals surface area contributed by atoms with E-state index >= 15 is 0 Å². The van der Waals surface area contributed by atoms with E-state index in [-0.39, 0.29) is 17.9 Å². The van der Waals surface area contributed by atoms with Crippen LogP contribution in [0.1, 0.15) is 39.8 Å². The molecule has 0 radical (unpaired) electrons. The summed E-state index contributed by atoms with van der Waals surface area (Å²) in [7, 11) is -3.93. The third kappa shape index (κ3) is 5.64. The molecule has 0 saturated heterocycles. The average molecular weight is 467 g/mol. The predicted octanol–water partition coefficient (Wildman–Crippen LogP) is 4.68. The van der Waals surface area contributed by atoms with Crippen LogP contribution in [0.25, 0.3) is 0 Å². The van der Waals surface area contributed by atoms with Crippen molar-refractivity contribution >= 4 is 10.1 Å². The highest BCUT2D eigenvalue weighted by Gasteiger charge is 2.24. The molecule has 1 aliphatic carbocycles. The maximum absolute atomic E-state index is 12.5. The van der Waals surface area contributed by atoms with Gasteiger partial charge in [0.15, 0.2) is 0 Å². The minimum absolute atomic E-state index is 0.0839. The van der Waals surface area contributed by atoms with Crippen LogP contribution in [0.15, 0.2) is 65.6 Å². The molecule has 1 aliphatic rings. The SMILES string of the molecule is Cc1ccc(S(=O)(=O)OCC(O)Cc2cc(C)c3c(c2OCc2ccccc2)CCC3)cc1. The average Bonchev–Trinajstić information content (AvgIpc) is 3.29. The summed E-state index contributed by atoms with van der Waals surface area (Å²) in [5.41, 5.74) is 6.64. The highest BCUT2D eigenvalue weighted by Crippen LogP contribution is 2.37. The Bertz CT molecular complexity index is 1200. The van der Waals surface area contributed by atoms with E-state index in [9.17, 15) is 13.5 Å². The maximum Gasteiger partial charge on any atom is 0.297 e. The molecule has 0 aromatic heterocycles. The molecule has 3 aromatic carbocycles. The second kappa shape index (κ2) is 10.1. The third-order valence-corrected chi connectivity index (χ3v) is 7.35. The normalized spacial score (nSPS) is 14.2. The third-order valence-electron chi connectivity index (χ3n) is 6.06. The summed E-state index contributed by atoms with van der Waals surface area (Å²) in [4.78, 5) is 0.0839. The van der Waals surface area contributed by atoms with Crippen LogP contribution in [-0.2, 0) is 40.2 Å². The lowest BCUT2D eigenvalue weighted by Crippen LogP contribution is -2.22. The zero-order chi connectivity index (χ0) is 23.4. The Balaban J connectivity index is 1.49. The molecule has 0 heterocycles. The standard InChI is InChI=1S/C27H30O5S/c1-19-11-13-24(14-12-19)33(29,30)32-18-23(28)16-22-15-20(2)25-9-6-10-26(25)27(22)31-17-21-7-4-3-5-8-21/h3-5,7-8,11-15,23,28H,6,9-10,16-18H2,1-2H3. The fourth-order valence-electron chi connectivity index (χ4n) is 4.35. The van der Waals surface area contributed by atoms with Crippen molar-refractivity contribution in [3.8, 4) is 5.75 Å². The van der Waals surface area contributed by atoms with Crippen LogP contribution in [0.2, 0.25) is 0 Å². The fourth-order valence-corrected chi connectivity index (χ4v) is 5.29. The van der Waals surface area contributed by atoms with Crippen molar-refractivity contribution in [3.63, 3.8) is 0 Å². The Morgan fingerprint density at radius 3 is 2.39 bits per heavy atom. The Morgan fingerprint density at radius 2 is 1.67 bits per heavy atom. The molecule has 1 unspecified atom stereocenters. The molecule has 3 aromatic rings. The molecule has 1 atom stereocenters. The van der Waals surface area contributed by atoms with Crippen LogP contribution in [-0.4, -0.2) is 26.2 Å². The molecule has 0 bridgehead atoms. The van der Waals surface area contributed by atoms with E-state index in [4.69, 9.17) is 8.92 Å². The van der Waals surface area contributed by atoms with Crippen LogP contribution < -0.4 is 4.74 Å². The van der Waals surface area contributed by atoms with Crippen molar-refractivity contribution in [2.75, 3.05) is 6.61 Å². The number of aryl methyl sites for hydroxylation is 2. The van der Waals surface area contributed by atoms with E-state index in [2.05, 4.69) is 13.0 Å². The zero-order valence-corrected chi connectivity index (χ0v) is 19.9. The van der Waals surface area contributed by atoms with Gasteiger partial charge in [0.1, 0.15) is 12.4 Å². The van der Waals surface area contributed by atoms with E-state index in [1.165, 1.54) is 28.8 Å². The number of aliphatic hydroxyl groups is 1. The minimum Gasteiger partial charge on any atom is -0.488 e. The molecular formula is C27H30O5S. The van der Waals surface area contributed by atoms with Gasteiger partial charge in [-0.1, -0.05) is 54.1 Å². The van der Waals surface area contributed by atoms with Crippen molar-refractivity contribution in [1.82, 2.24) is 0 Å². The number of benzene rings is 3. The Kier molecular flexibility index (Phi) is 7.17. The first-order chi connectivity index (χ1) is 15.8. The molecule has 1 N–H and O–H groups in total. The van der Waals surface area contributed by atoms with Crippen molar-refractivity contribution in [3.05, 3.63) is 94.0 Å². The highest BCUT2D eigenvalue weighted by molar-refractivity contribution is 7.86. The first kappa shape index (κ1) is 23.5. The first-order valence-electron chi connectivity index (χ1n) is 11.3. The number of aliphatic hydroxyl groups excluding tert-OH is 1. The summed E-state index contributed by atoms with van der Waals surface area (Å²) in [5, 5.41) is 10.7. The van der Waals surface area contributed by atoms with Crippen molar-refractivity contribution < 1.29 is 22.4 Å². The number of hydrogen-bond donors (Lipinski definition) is 1. The van der Waals surface area contributed by atoms with Crippen molar-refractivity contribution in [2.24, 2.45) is 0 Å². The van der Waals surface area contributed by atoms with Gasteiger partial charge in [-0.05, 0) is 73.1 Å². The first-order valence-corrected chi connectivity index (χ1v) is 12.7. The lowest BCUT2D eigenvalue weighted by Gasteiger charge is -2.20. The quantitative estimate of drug-likeness (QED) is 0.464. The molecular weight excluding hydrogens is 436 g/mol. The van der Waals surface area contributed by atoms with Gasteiger partial charge < -0.3 is 9.84 Å². The van der Waals surface area contributed by atoms with E-state index in [1.807, 2.05) is 37.3 Å². The second-order valence-electron chi connectivity index (χ2n) is 8.68. The van der Waals surface area contributed by atoms with Crippen molar-refractivity contribution in [2.45, 2.75) is 57.1 Å². The van der Waals surface area contributed by atoms with Crippen LogP contribution >= 0.6 is 0 Å². The topological polar surface area (TPSA) is 72.8 Å². The monoisotopic (exact) mass is 466 g/mol. The highest BCUT2D eigenvalue weighted by atomic mass is 32.2. The summed E-state index contributed by atoms with van der Waals surface area (Å²) in [6, 6.07) is 18.5. The van der Waals surface area contributed by atoms with Gasteiger partial charge in [-0.15, -0.1) is 0 Å². The van der Waals surface area contributed by atoms with Gasteiger partial charge in [0, 0.05) is 6.42 Å². The number of ether oxygens (including phenoxy) is 1. The van der Waals surface area contributed by atoms with Gasteiger partial charge in [0.25, 0.3) is 10.1 Å². The molecule has 0 fully saturated rings. The van der Waals surface area contributed by atoms with Gasteiger partial charge in [-0.3, -0.25) is 4.18 Å². The zero-order valence-electron chi connectivity index (χ0n) is 19.1. The molecule has 4 rings (SSSR count). The van der Waals surface area contributed by atoms with Crippen molar-refractivity contribution in [1.29, 1.82) is 0 Å². The lowest BCUT2D eigenvalue weighted by molar-refractivity contribution is 0.110. The van der Waals surface area contributed by atoms with Crippen LogP contribution in [0.5, 0.6) is 5.75 Å². The predicted molar refractivity (Wildman–Crippen MR) is 128 cm³/mol. The van der Waals surface area contributed by atoms with E-state index in [1.54, 1.807) is 12.1 Å². The number of hydrogen-bond acceptors (Lipinski definition) is 5. The van der Waals surface area contributed by atoms with E-state index < -0.39 is 16.2 Å². The molecule has 0 saturated carbocycles. The van der Waals surface area contributed by atoms with Crippen LogP contribution in [0, 0.1) is 13.8 Å². The van der Waals surface area contributed by atoms with Gasteiger partial charge in [0.05, 0.1) is 17.6 Å². The number of rotatable bonds is 9. The smallest absolute Gasteiger partial charge is 0.297 e. The Morgan fingerprint density at radius 1 is 0.970 bits per heavy atom. The summed E-state index contributed by atoms with van der Waals surface area (Å²) in [6.45, 7) is 4.10. The van der Waals surface area contributed by atoms with E-state index in [0.29, 0.717) is 6.61 Å². The van der Waals surface area contributed by atoms with Gasteiger partial charge >= 0.3 is 0 Å². The lowest BCUT2D eigenvalue weighted by atomic mass is 9.96. The molecule has 33 heavy (non-hydrogen) atoms. The largest absolute Gasteiger partial charge is 0.488 e. The minimum atomic E-state index is -3.93. The molecule has 0 amide bonds. The van der Waals surface area contributed by atoms with Crippen LogP contribution in [0.4, 0.5) is 0 Å². The fraction of sp³-hybridized carbons (Fsp3) is 0.333. The van der Waals surface area contributed by atoms with Gasteiger partial charge in [0.2, 0.25) is 0 Å². The molecule has 5 nitrogen and oxygen atoms in total. The Hall–Kier alpha value is -2.67. The second-order valence-corrected chi connectivity index (χ2v) is 10.3.